The number of nitrogens with zero attached hydrogens (tertiary/aromatic N) is 4. The van der Waals surface area contributed by atoms with E-state index < -0.39 is 0 Å². The number of rotatable bonds is 3. The second-order valence-corrected chi connectivity index (χ2v) is 7.96. The number of hydrogen-bond donors (Lipinski definition) is 0. The van der Waals surface area contributed by atoms with E-state index in [1.54, 1.807) is 11.3 Å². The number of piperazine rings is 1. The summed E-state index contributed by atoms with van der Waals surface area (Å²) in [7, 11) is 0. The number of amides is 1. The predicted octanol–water partition coefficient (Wildman–Crippen LogP) is 3.59. The van der Waals surface area contributed by atoms with E-state index in [1.807, 2.05) is 17.0 Å². The Morgan fingerprint density at radius 1 is 1.20 bits per heavy atom. The molecule has 0 aliphatic carbocycles. The number of hydrogen-bond acceptors (Lipinski definition) is 6. The molecule has 1 fully saturated rings. The van der Waals surface area contributed by atoms with E-state index in [4.69, 9.17) is 0 Å². The first-order valence-electron chi connectivity index (χ1n) is 8.52. The Labute approximate surface area is 155 Å². The molecule has 0 spiro atoms. The van der Waals surface area contributed by atoms with E-state index in [0.717, 1.165) is 54.0 Å². The van der Waals surface area contributed by atoms with Crippen LogP contribution >= 0.6 is 22.9 Å². The summed E-state index contributed by atoms with van der Waals surface area (Å²) in [5, 5.41) is 2.16. The number of aryl methyl sites for hydroxylation is 2. The molecule has 1 aliphatic rings. The van der Waals surface area contributed by atoms with Crippen molar-refractivity contribution in [2.24, 2.45) is 0 Å². The van der Waals surface area contributed by atoms with Gasteiger partial charge >= 0.3 is 0 Å². The largest absolute Gasteiger partial charge is 0.343 e. The number of fused-ring (bicyclic) bond motifs is 1. The standard InChI is InChI=1S/C18H20N4OS2/c1-3-15-19-18(25-20-15)22-10-8-21(9-11-22)17(23)16-12(2)13-6-4-5-7-14(13)24-16/h4-7H,3,8-11H2,1-2H3. The molecule has 130 valence electrons. The lowest BCUT2D eigenvalue weighted by molar-refractivity contribution is 0.0751. The predicted molar refractivity (Wildman–Crippen MR) is 104 cm³/mol. The van der Waals surface area contributed by atoms with E-state index >= 15 is 0 Å². The molecule has 2 aromatic heterocycles. The van der Waals surface area contributed by atoms with Crippen molar-refractivity contribution in [1.82, 2.24) is 14.3 Å². The monoisotopic (exact) mass is 372 g/mol. The lowest BCUT2D eigenvalue weighted by Gasteiger charge is -2.34. The van der Waals surface area contributed by atoms with Crippen molar-refractivity contribution in [1.29, 1.82) is 0 Å². The van der Waals surface area contributed by atoms with Crippen molar-refractivity contribution < 1.29 is 4.79 Å². The van der Waals surface area contributed by atoms with Crippen molar-refractivity contribution in [3.05, 3.63) is 40.5 Å². The van der Waals surface area contributed by atoms with Crippen LogP contribution < -0.4 is 4.90 Å². The first-order chi connectivity index (χ1) is 12.2. The van der Waals surface area contributed by atoms with Crippen LogP contribution in [0.2, 0.25) is 0 Å². The first kappa shape index (κ1) is 16.5. The van der Waals surface area contributed by atoms with Gasteiger partial charge < -0.3 is 9.80 Å². The maximum Gasteiger partial charge on any atom is 0.264 e. The smallest absolute Gasteiger partial charge is 0.264 e. The van der Waals surface area contributed by atoms with Crippen molar-refractivity contribution in [2.45, 2.75) is 20.3 Å². The molecule has 1 aliphatic heterocycles. The lowest BCUT2D eigenvalue weighted by atomic mass is 10.1. The molecule has 1 saturated heterocycles. The van der Waals surface area contributed by atoms with Crippen molar-refractivity contribution in [3.8, 4) is 0 Å². The third-order valence-electron chi connectivity index (χ3n) is 4.65. The second kappa shape index (κ2) is 6.72. The number of carbonyl (C=O) groups is 1. The molecule has 0 saturated carbocycles. The minimum Gasteiger partial charge on any atom is -0.343 e. The summed E-state index contributed by atoms with van der Waals surface area (Å²) in [6.07, 6.45) is 0.861. The number of benzene rings is 1. The average molecular weight is 373 g/mol. The maximum absolute atomic E-state index is 13.0. The maximum atomic E-state index is 13.0. The summed E-state index contributed by atoms with van der Waals surface area (Å²) in [6.45, 7) is 7.20. The molecule has 0 N–H and O–H groups in total. The van der Waals surface area contributed by atoms with E-state index in [-0.39, 0.29) is 5.91 Å². The summed E-state index contributed by atoms with van der Waals surface area (Å²) in [5.74, 6) is 1.06. The number of anilines is 1. The highest BCUT2D eigenvalue weighted by molar-refractivity contribution is 7.21. The van der Waals surface area contributed by atoms with Crippen LogP contribution in [-0.4, -0.2) is 46.3 Å². The summed E-state index contributed by atoms with van der Waals surface area (Å²) in [4.78, 5) is 22.6. The van der Waals surface area contributed by atoms with E-state index in [2.05, 4.69) is 40.2 Å². The van der Waals surface area contributed by atoms with Gasteiger partial charge in [0.2, 0.25) is 5.13 Å². The highest BCUT2D eigenvalue weighted by atomic mass is 32.1. The van der Waals surface area contributed by atoms with Gasteiger partial charge in [-0.05, 0) is 23.9 Å². The summed E-state index contributed by atoms with van der Waals surface area (Å²) >= 11 is 3.06. The molecular formula is C18H20N4OS2. The third-order valence-corrected chi connectivity index (χ3v) is 6.72. The van der Waals surface area contributed by atoms with Crippen molar-refractivity contribution >= 4 is 44.0 Å². The highest BCUT2D eigenvalue weighted by Gasteiger charge is 2.26. The van der Waals surface area contributed by atoms with Crippen molar-refractivity contribution in [2.75, 3.05) is 31.1 Å². The Balaban J connectivity index is 1.48. The van der Waals surface area contributed by atoms with E-state index in [9.17, 15) is 4.79 Å². The Bertz CT molecular complexity index is 909. The van der Waals surface area contributed by atoms with Gasteiger partial charge in [0, 0.05) is 48.8 Å². The van der Waals surface area contributed by atoms with Crippen LogP contribution in [-0.2, 0) is 6.42 Å². The molecule has 25 heavy (non-hydrogen) atoms. The van der Waals surface area contributed by atoms with Gasteiger partial charge in [-0.3, -0.25) is 4.79 Å². The minimum atomic E-state index is 0.157. The number of carbonyl (C=O) groups excluding carboxylic acids is 1. The molecule has 3 aromatic rings. The molecular weight excluding hydrogens is 352 g/mol. The molecule has 0 radical (unpaired) electrons. The summed E-state index contributed by atoms with van der Waals surface area (Å²) in [6, 6.07) is 8.23. The van der Waals surface area contributed by atoms with Crippen LogP contribution in [0.25, 0.3) is 10.1 Å². The first-order valence-corrected chi connectivity index (χ1v) is 10.1. The van der Waals surface area contributed by atoms with Crippen molar-refractivity contribution in [3.63, 3.8) is 0 Å². The molecule has 1 aromatic carbocycles. The SMILES string of the molecule is CCc1nsc(N2CCN(C(=O)c3sc4ccccc4c3C)CC2)n1. The molecule has 0 atom stereocenters. The Kier molecular flexibility index (Phi) is 4.43. The zero-order valence-corrected chi connectivity index (χ0v) is 16.0. The zero-order valence-electron chi connectivity index (χ0n) is 14.4. The Hall–Kier alpha value is -1.99. The highest BCUT2D eigenvalue weighted by Crippen LogP contribution is 2.31. The van der Waals surface area contributed by atoms with Crippen LogP contribution in [0.4, 0.5) is 5.13 Å². The van der Waals surface area contributed by atoms with Crippen LogP contribution in [0.1, 0.15) is 28.0 Å². The van der Waals surface area contributed by atoms with Gasteiger partial charge in [-0.1, -0.05) is 25.1 Å². The molecule has 0 unspecified atom stereocenters. The topological polar surface area (TPSA) is 49.3 Å². The molecule has 4 rings (SSSR count). The Morgan fingerprint density at radius 2 is 1.96 bits per heavy atom. The summed E-state index contributed by atoms with van der Waals surface area (Å²) < 4.78 is 5.54. The normalized spacial score (nSPS) is 15.1. The van der Waals surface area contributed by atoms with Crippen LogP contribution in [0.3, 0.4) is 0 Å². The minimum absolute atomic E-state index is 0.157. The molecule has 0 bridgehead atoms. The second-order valence-electron chi connectivity index (χ2n) is 6.18. The van der Waals surface area contributed by atoms with E-state index in [1.165, 1.54) is 21.6 Å². The third kappa shape index (κ3) is 3.02. The van der Waals surface area contributed by atoms with E-state index in [0.29, 0.717) is 0 Å². The van der Waals surface area contributed by atoms with Gasteiger partial charge in [-0.15, -0.1) is 11.3 Å². The molecule has 5 nitrogen and oxygen atoms in total. The average Bonchev–Trinajstić information content (AvgIpc) is 3.27. The fourth-order valence-corrected chi connectivity index (χ4v) is 5.12. The fraction of sp³-hybridized carbons (Fsp3) is 0.389. The number of aromatic nitrogens is 2. The van der Waals surface area contributed by atoms with Gasteiger partial charge in [0.25, 0.3) is 5.91 Å². The quantitative estimate of drug-likeness (QED) is 0.705. The van der Waals surface area contributed by atoms with Gasteiger partial charge in [-0.2, -0.15) is 4.37 Å². The zero-order chi connectivity index (χ0) is 17.4. The molecule has 1 amide bonds. The lowest BCUT2D eigenvalue weighted by Crippen LogP contribution is -2.48. The van der Waals surface area contributed by atoms with Crippen LogP contribution in [0.15, 0.2) is 24.3 Å². The van der Waals surface area contributed by atoms with Crippen LogP contribution in [0.5, 0.6) is 0 Å². The van der Waals surface area contributed by atoms with Crippen LogP contribution in [0, 0.1) is 6.92 Å². The van der Waals surface area contributed by atoms with Gasteiger partial charge in [0.15, 0.2) is 0 Å². The fourth-order valence-electron chi connectivity index (χ4n) is 3.14. The molecule has 3 heterocycles. The van der Waals surface area contributed by atoms with Gasteiger partial charge in [0.05, 0.1) is 4.88 Å². The number of thiophene rings is 1. The Morgan fingerprint density at radius 3 is 2.64 bits per heavy atom. The van der Waals surface area contributed by atoms with Gasteiger partial charge in [0.1, 0.15) is 5.82 Å². The molecule has 7 heteroatoms. The van der Waals surface area contributed by atoms with Gasteiger partial charge in [-0.25, -0.2) is 4.98 Å². The summed E-state index contributed by atoms with van der Waals surface area (Å²) in [5.41, 5.74) is 1.10.